The van der Waals surface area contributed by atoms with Crippen molar-refractivity contribution in [1.29, 1.82) is 5.26 Å². The molecule has 19 heavy (non-hydrogen) atoms. The molecule has 1 heterocycles. The van der Waals surface area contributed by atoms with E-state index in [-0.39, 0.29) is 17.4 Å². The Balaban J connectivity index is 2.04. The zero-order valence-corrected chi connectivity index (χ0v) is 10.9. The summed E-state index contributed by atoms with van der Waals surface area (Å²) in [6, 6.07) is 8.04. The zero-order valence-electron chi connectivity index (χ0n) is 10.0. The van der Waals surface area contributed by atoms with Gasteiger partial charge in [0, 0.05) is 0 Å². The van der Waals surface area contributed by atoms with Crippen LogP contribution in [0.5, 0.6) is 5.75 Å². The Bertz CT molecular complexity index is 597. The average molecular weight is 279 g/mol. The number of benzene rings is 1. The fraction of sp³-hybridized carbons (Fsp3) is 0.250. The van der Waals surface area contributed by atoms with Crippen molar-refractivity contribution in [1.82, 2.24) is 10.2 Å². The lowest BCUT2D eigenvalue weighted by Crippen LogP contribution is -2.04. The quantitative estimate of drug-likeness (QED) is 0.783. The lowest BCUT2D eigenvalue weighted by atomic mass is 10.3. The molecule has 0 amide bonds. The fourth-order valence-electron chi connectivity index (χ4n) is 1.32. The number of nitrogens with zero attached hydrogens (tertiary/aromatic N) is 3. The molecular weight excluding hydrogens is 269 g/mol. The normalized spacial score (nSPS) is 11.8. The van der Waals surface area contributed by atoms with Crippen LogP contribution in [-0.2, 0) is 0 Å². The van der Waals surface area contributed by atoms with Gasteiger partial charge in [0.1, 0.15) is 0 Å². The highest BCUT2D eigenvalue weighted by molar-refractivity contribution is 7.99. The smallest absolute Gasteiger partial charge is 0.277 e. The van der Waals surface area contributed by atoms with Gasteiger partial charge in [0.15, 0.2) is 17.7 Å². The van der Waals surface area contributed by atoms with Crippen LogP contribution in [0.3, 0.4) is 0 Å². The maximum Gasteiger partial charge on any atom is 0.277 e. The summed E-state index contributed by atoms with van der Waals surface area (Å²) in [5, 5.41) is 16.3. The zero-order chi connectivity index (χ0) is 13.7. The van der Waals surface area contributed by atoms with Crippen molar-refractivity contribution in [3.05, 3.63) is 36.0 Å². The van der Waals surface area contributed by atoms with Crippen LogP contribution in [0.2, 0.25) is 0 Å². The molecule has 0 radical (unpaired) electrons. The molecule has 0 spiro atoms. The fourth-order valence-corrected chi connectivity index (χ4v) is 1.75. The molecule has 1 atom stereocenters. The molecule has 1 aromatic heterocycles. The van der Waals surface area contributed by atoms with Crippen LogP contribution in [0.15, 0.2) is 33.9 Å². The van der Waals surface area contributed by atoms with E-state index in [1.54, 1.807) is 19.1 Å². The lowest BCUT2D eigenvalue weighted by molar-refractivity contribution is 0.174. The van der Waals surface area contributed by atoms with Crippen LogP contribution in [-0.4, -0.2) is 16.0 Å². The Kier molecular flexibility index (Phi) is 4.36. The minimum absolute atomic E-state index is 0.124. The van der Waals surface area contributed by atoms with Crippen LogP contribution in [0.4, 0.5) is 4.39 Å². The molecule has 0 N–H and O–H groups in total. The summed E-state index contributed by atoms with van der Waals surface area (Å²) in [5.41, 5.74) is 0. The summed E-state index contributed by atoms with van der Waals surface area (Å²) in [7, 11) is 0. The Morgan fingerprint density at radius 3 is 3.00 bits per heavy atom. The van der Waals surface area contributed by atoms with E-state index in [4.69, 9.17) is 14.4 Å². The van der Waals surface area contributed by atoms with Gasteiger partial charge in [0.05, 0.1) is 11.8 Å². The molecule has 0 unspecified atom stereocenters. The van der Waals surface area contributed by atoms with Gasteiger partial charge in [-0.1, -0.05) is 23.9 Å². The summed E-state index contributed by atoms with van der Waals surface area (Å²) in [6.45, 7) is 1.68. The number of ether oxygens (including phenoxy) is 1. The molecule has 0 fully saturated rings. The van der Waals surface area contributed by atoms with Gasteiger partial charge in [-0.3, -0.25) is 0 Å². The standard InChI is InChI=1S/C12H10FN3O2S/c1-8(17-10-5-3-2-4-9(10)13)11-15-16-12(18-11)19-7-6-14/h2-5,8H,7H2,1H3/t8-/m0/s1. The first-order valence-electron chi connectivity index (χ1n) is 5.45. The lowest BCUT2D eigenvalue weighted by Gasteiger charge is -2.11. The SMILES string of the molecule is C[C@H](Oc1ccccc1F)c1nnc(SCC#N)o1. The highest BCUT2D eigenvalue weighted by Gasteiger charge is 2.17. The van der Waals surface area contributed by atoms with Crippen LogP contribution >= 0.6 is 11.8 Å². The van der Waals surface area contributed by atoms with Crippen molar-refractivity contribution in [2.24, 2.45) is 0 Å². The summed E-state index contributed by atoms with van der Waals surface area (Å²) in [5.74, 6) is 0.139. The first kappa shape index (κ1) is 13.4. The maximum absolute atomic E-state index is 13.4. The van der Waals surface area contributed by atoms with E-state index in [9.17, 15) is 4.39 Å². The summed E-state index contributed by atoms with van der Waals surface area (Å²) < 4.78 is 24.1. The predicted octanol–water partition coefficient (Wildman–Crippen LogP) is 2.96. The Morgan fingerprint density at radius 1 is 1.47 bits per heavy atom. The predicted molar refractivity (Wildman–Crippen MR) is 66.1 cm³/mol. The number of hydrogen-bond donors (Lipinski definition) is 0. The minimum atomic E-state index is -0.569. The van der Waals surface area contributed by atoms with Crippen molar-refractivity contribution in [3.63, 3.8) is 0 Å². The van der Waals surface area contributed by atoms with Gasteiger partial charge in [-0.25, -0.2) is 4.39 Å². The highest BCUT2D eigenvalue weighted by Crippen LogP contribution is 2.25. The number of rotatable bonds is 5. The van der Waals surface area contributed by atoms with Gasteiger partial charge in [-0.05, 0) is 19.1 Å². The second-order valence-electron chi connectivity index (χ2n) is 3.54. The van der Waals surface area contributed by atoms with E-state index in [1.807, 2.05) is 6.07 Å². The topological polar surface area (TPSA) is 71.9 Å². The molecule has 0 saturated carbocycles. The van der Waals surface area contributed by atoms with Crippen LogP contribution in [0.1, 0.15) is 18.9 Å². The largest absolute Gasteiger partial charge is 0.478 e. The van der Waals surface area contributed by atoms with Crippen LogP contribution < -0.4 is 4.74 Å². The third-order valence-electron chi connectivity index (χ3n) is 2.17. The van der Waals surface area contributed by atoms with Gasteiger partial charge in [0.25, 0.3) is 11.1 Å². The number of thioether (sulfide) groups is 1. The van der Waals surface area contributed by atoms with Crippen LogP contribution in [0.25, 0.3) is 0 Å². The number of aromatic nitrogens is 2. The minimum Gasteiger partial charge on any atom is -0.478 e. The number of nitriles is 1. The molecule has 98 valence electrons. The van der Waals surface area contributed by atoms with Crippen molar-refractivity contribution in [3.8, 4) is 11.8 Å². The number of hydrogen-bond acceptors (Lipinski definition) is 6. The maximum atomic E-state index is 13.4. The first-order valence-corrected chi connectivity index (χ1v) is 6.43. The van der Waals surface area contributed by atoms with Gasteiger partial charge in [0.2, 0.25) is 0 Å². The molecule has 0 bridgehead atoms. The second kappa shape index (κ2) is 6.20. The Hall–Kier alpha value is -2.07. The van der Waals surface area contributed by atoms with Gasteiger partial charge in [-0.2, -0.15) is 5.26 Å². The van der Waals surface area contributed by atoms with Gasteiger partial charge < -0.3 is 9.15 Å². The Labute approximate surface area is 113 Å². The van der Waals surface area contributed by atoms with E-state index < -0.39 is 11.9 Å². The summed E-state index contributed by atoms with van der Waals surface area (Å²) in [6.07, 6.45) is -0.569. The molecular formula is C12H10FN3O2S. The van der Waals surface area contributed by atoms with Crippen molar-refractivity contribution in [2.75, 3.05) is 5.75 Å². The molecule has 0 aliphatic rings. The molecule has 0 saturated heterocycles. The van der Waals surface area contributed by atoms with E-state index in [2.05, 4.69) is 10.2 Å². The van der Waals surface area contributed by atoms with E-state index >= 15 is 0 Å². The third kappa shape index (κ3) is 3.45. The van der Waals surface area contributed by atoms with Gasteiger partial charge in [-0.15, -0.1) is 10.2 Å². The number of para-hydroxylation sites is 1. The third-order valence-corrected chi connectivity index (χ3v) is 2.86. The van der Waals surface area contributed by atoms with E-state index in [0.29, 0.717) is 5.22 Å². The summed E-state index contributed by atoms with van der Waals surface area (Å²) >= 11 is 1.14. The van der Waals surface area contributed by atoms with Crippen molar-refractivity contribution < 1.29 is 13.5 Å². The van der Waals surface area contributed by atoms with Crippen LogP contribution in [0, 0.1) is 17.1 Å². The average Bonchev–Trinajstić information content (AvgIpc) is 2.88. The monoisotopic (exact) mass is 279 g/mol. The van der Waals surface area contributed by atoms with E-state index in [0.717, 1.165) is 11.8 Å². The summed E-state index contributed by atoms with van der Waals surface area (Å²) in [4.78, 5) is 0. The van der Waals surface area contributed by atoms with Crippen molar-refractivity contribution >= 4 is 11.8 Å². The van der Waals surface area contributed by atoms with Crippen molar-refractivity contribution in [2.45, 2.75) is 18.3 Å². The Morgan fingerprint density at radius 2 is 2.26 bits per heavy atom. The highest BCUT2D eigenvalue weighted by atomic mass is 32.2. The molecule has 2 aromatic rings. The molecule has 0 aliphatic carbocycles. The van der Waals surface area contributed by atoms with E-state index in [1.165, 1.54) is 12.1 Å². The molecule has 5 nitrogen and oxygen atoms in total. The molecule has 7 heteroatoms. The molecule has 2 rings (SSSR count). The van der Waals surface area contributed by atoms with Gasteiger partial charge >= 0.3 is 0 Å². The second-order valence-corrected chi connectivity index (χ2v) is 4.47. The molecule has 1 aromatic carbocycles. The number of halogens is 1. The molecule has 0 aliphatic heterocycles. The first-order chi connectivity index (χ1) is 9.20.